The predicted octanol–water partition coefficient (Wildman–Crippen LogP) is 5.90. The first-order valence-electron chi connectivity index (χ1n) is 8.64. The van der Waals surface area contributed by atoms with E-state index in [0.29, 0.717) is 5.56 Å². The zero-order valence-electron chi connectivity index (χ0n) is 15.0. The molecule has 0 N–H and O–H groups in total. The molecule has 134 valence electrons. The average molecular weight is 461 g/mol. The predicted molar refractivity (Wildman–Crippen MR) is 111 cm³/mol. The topological polar surface area (TPSA) is 55.7 Å². The SMILES string of the molecule is CCC1(CC)c2ccccc2-c2ccc(C(=O)/C(C)=N/OC(=O)I)cc21. The summed E-state index contributed by atoms with van der Waals surface area (Å²) >= 11 is 1.47. The zero-order valence-corrected chi connectivity index (χ0v) is 17.2. The molecular weight excluding hydrogens is 441 g/mol. The molecule has 0 radical (unpaired) electrons. The van der Waals surface area contributed by atoms with E-state index in [2.05, 4.69) is 48.1 Å². The van der Waals surface area contributed by atoms with Gasteiger partial charge in [-0.2, -0.15) is 0 Å². The number of benzene rings is 2. The van der Waals surface area contributed by atoms with Gasteiger partial charge < -0.3 is 4.84 Å². The average Bonchev–Trinajstić information content (AvgIpc) is 2.95. The lowest BCUT2D eigenvalue weighted by Crippen LogP contribution is -2.23. The minimum Gasteiger partial charge on any atom is -0.307 e. The molecule has 0 saturated heterocycles. The number of carbonyl (C=O) groups is 2. The zero-order chi connectivity index (χ0) is 18.9. The van der Waals surface area contributed by atoms with Crippen molar-refractivity contribution in [1.82, 2.24) is 0 Å². The molecule has 0 heterocycles. The van der Waals surface area contributed by atoms with Crippen molar-refractivity contribution in [2.45, 2.75) is 39.0 Å². The monoisotopic (exact) mass is 461 g/mol. The van der Waals surface area contributed by atoms with E-state index in [4.69, 9.17) is 0 Å². The number of oxime groups is 1. The van der Waals surface area contributed by atoms with E-state index in [1.165, 1.54) is 44.8 Å². The van der Waals surface area contributed by atoms with Gasteiger partial charge in [-0.15, -0.1) is 0 Å². The third kappa shape index (κ3) is 2.98. The highest BCUT2D eigenvalue weighted by Gasteiger charge is 2.40. The standard InChI is InChI=1S/C21H20INO3/c1-4-21(5-2)17-9-7-6-8-15(17)16-11-10-14(12-18(16)21)19(24)13(3)23-26-20(22)25/h6-12H,4-5H2,1-3H3/b23-13+. The van der Waals surface area contributed by atoms with Crippen molar-refractivity contribution in [2.75, 3.05) is 0 Å². The molecule has 0 saturated carbocycles. The number of fused-ring (bicyclic) bond motifs is 3. The summed E-state index contributed by atoms with van der Waals surface area (Å²) < 4.78 is -0.574. The highest BCUT2D eigenvalue weighted by Crippen LogP contribution is 2.52. The Morgan fingerprint density at radius 2 is 1.69 bits per heavy atom. The van der Waals surface area contributed by atoms with Crippen molar-refractivity contribution in [3.63, 3.8) is 0 Å². The molecule has 2 aromatic carbocycles. The Balaban J connectivity index is 2.09. The second-order valence-electron chi connectivity index (χ2n) is 6.43. The van der Waals surface area contributed by atoms with Crippen LogP contribution in [0.5, 0.6) is 0 Å². The summed E-state index contributed by atoms with van der Waals surface area (Å²) in [6.07, 6.45) is 1.93. The van der Waals surface area contributed by atoms with Gasteiger partial charge in [0.1, 0.15) is 5.71 Å². The molecular formula is C21H20INO3. The Morgan fingerprint density at radius 1 is 1.04 bits per heavy atom. The Bertz CT molecular complexity index is 913. The fourth-order valence-electron chi connectivity index (χ4n) is 3.96. The fourth-order valence-corrected chi connectivity index (χ4v) is 4.06. The van der Waals surface area contributed by atoms with E-state index >= 15 is 0 Å². The minimum atomic E-state index is -0.574. The van der Waals surface area contributed by atoms with Crippen molar-refractivity contribution in [3.8, 4) is 11.1 Å². The van der Waals surface area contributed by atoms with Crippen molar-refractivity contribution < 1.29 is 14.4 Å². The number of carbonyl (C=O) groups excluding carboxylic acids is 2. The van der Waals surface area contributed by atoms with Crippen LogP contribution in [0.3, 0.4) is 0 Å². The smallest absolute Gasteiger partial charge is 0.307 e. The second kappa shape index (κ2) is 7.31. The molecule has 0 unspecified atom stereocenters. The van der Waals surface area contributed by atoms with E-state index < -0.39 is 3.98 Å². The lowest BCUT2D eigenvalue weighted by molar-refractivity contribution is 0.106. The van der Waals surface area contributed by atoms with Gasteiger partial charge in [-0.1, -0.05) is 55.4 Å². The number of hydrogen-bond donors (Lipinski definition) is 0. The number of ketones is 1. The van der Waals surface area contributed by atoms with Crippen LogP contribution in [0.1, 0.15) is 55.1 Å². The number of nitrogens with zero attached hydrogens (tertiary/aromatic N) is 1. The van der Waals surface area contributed by atoms with Crippen LogP contribution >= 0.6 is 22.6 Å². The van der Waals surface area contributed by atoms with E-state index in [-0.39, 0.29) is 16.9 Å². The molecule has 2 aromatic rings. The molecule has 1 aliphatic rings. The molecule has 3 rings (SSSR count). The normalized spacial score (nSPS) is 14.5. The van der Waals surface area contributed by atoms with Gasteiger partial charge >= 0.3 is 3.98 Å². The van der Waals surface area contributed by atoms with Crippen molar-refractivity contribution in [3.05, 3.63) is 59.2 Å². The third-order valence-electron chi connectivity index (χ3n) is 5.32. The quantitative estimate of drug-likeness (QED) is 0.139. The molecule has 4 nitrogen and oxygen atoms in total. The number of hydrogen-bond acceptors (Lipinski definition) is 4. The molecule has 0 atom stereocenters. The number of rotatable bonds is 5. The summed E-state index contributed by atoms with van der Waals surface area (Å²) in [6, 6.07) is 14.3. The first-order valence-corrected chi connectivity index (χ1v) is 9.72. The number of Topliss-reactive ketones (excluding diaryl/α,β-unsaturated/α-hetero) is 1. The van der Waals surface area contributed by atoms with Crippen LogP contribution in [-0.2, 0) is 10.3 Å². The van der Waals surface area contributed by atoms with Crippen LogP contribution in [0.2, 0.25) is 0 Å². The van der Waals surface area contributed by atoms with Gasteiger partial charge in [0.15, 0.2) is 0 Å². The van der Waals surface area contributed by atoms with Crippen LogP contribution in [0, 0.1) is 0 Å². The van der Waals surface area contributed by atoms with E-state index in [1.54, 1.807) is 6.92 Å². The molecule has 0 spiro atoms. The van der Waals surface area contributed by atoms with Gasteiger partial charge in [0.2, 0.25) is 5.78 Å². The van der Waals surface area contributed by atoms with Gasteiger partial charge in [-0.25, -0.2) is 4.79 Å². The minimum absolute atomic E-state index is 0.0814. The summed E-state index contributed by atoms with van der Waals surface area (Å²) in [7, 11) is 0. The van der Waals surface area contributed by atoms with Gasteiger partial charge in [-0.05, 0) is 48.1 Å². The van der Waals surface area contributed by atoms with Crippen molar-refractivity contribution in [1.29, 1.82) is 0 Å². The van der Waals surface area contributed by atoms with Gasteiger partial charge in [-0.3, -0.25) is 4.79 Å². The Hall–Kier alpha value is -2.02. The first-order chi connectivity index (χ1) is 12.4. The summed E-state index contributed by atoms with van der Waals surface area (Å²) in [4.78, 5) is 28.2. The molecule has 0 aliphatic heterocycles. The maximum atomic E-state index is 12.7. The lowest BCUT2D eigenvalue weighted by Gasteiger charge is -2.29. The Kier molecular flexibility index (Phi) is 5.27. The lowest BCUT2D eigenvalue weighted by atomic mass is 9.73. The maximum Gasteiger partial charge on any atom is 0.393 e. The summed E-state index contributed by atoms with van der Waals surface area (Å²) in [5.41, 5.74) is 5.59. The van der Waals surface area contributed by atoms with Gasteiger partial charge in [0, 0.05) is 11.0 Å². The first kappa shape index (κ1) is 18.8. The van der Waals surface area contributed by atoms with Crippen LogP contribution in [0.4, 0.5) is 4.79 Å². The van der Waals surface area contributed by atoms with Gasteiger partial charge in [0.05, 0.1) is 22.6 Å². The summed E-state index contributed by atoms with van der Waals surface area (Å²) in [5, 5.41) is 3.62. The van der Waals surface area contributed by atoms with Crippen LogP contribution in [0.15, 0.2) is 47.6 Å². The fraction of sp³-hybridized carbons (Fsp3) is 0.286. The van der Waals surface area contributed by atoms with E-state index in [0.717, 1.165) is 12.8 Å². The molecule has 0 bridgehead atoms. The maximum absolute atomic E-state index is 12.7. The van der Waals surface area contributed by atoms with Crippen molar-refractivity contribution >= 4 is 38.1 Å². The summed E-state index contributed by atoms with van der Waals surface area (Å²) in [5.74, 6) is -0.234. The Morgan fingerprint density at radius 3 is 2.35 bits per heavy atom. The molecule has 1 aliphatic carbocycles. The molecule has 26 heavy (non-hydrogen) atoms. The molecule has 0 amide bonds. The highest BCUT2D eigenvalue weighted by molar-refractivity contribution is 14.1. The molecule has 0 aromatic heterocycles. The third-order valence-corrected chi connectivity index (χ3v) is 5.52. The van der Waals surface area contributed by atoms with Crippen LogP contribution in [0.25, 0.3) is 11.1 Å². The molecule has 0 fully saturated rings. The summed E-state index contributed by atoms with van der Waals surface area (Å²) in [6.45, 7) is 5.93. The largest absolute Gasteiger partial charge is 0.393 e. The van der Waals surface area contributed by atoms with Gasteiger partial charge in [0.25, 0.3) is 0 Å². The Labute approximate surface area is 166 Å². The number of halogens is 1. The van der Waals surface area contributed by atoms with E-state index in [9.17, 15) is 9.59 Å². The van der Waals surface area contributed by atoms with Crippen LogP contribution in [-0.4, -0.2) is 15.5 Å². The second-order valence-corrected chi connectivity index (χ2v) is 7.31. The molecule has 5 heteroatoms. The van der Waals surface area contributed by atoms with E-state index in [1.807, 2.05) is 18.2 Å². The van der Waals surface area contributed by atoms with Crippen molar-refractivity contribution in [2.24, 2.45) is 5.16 Å². The van der Waals surface area contributed by atoms with Crippen LogP contribution < -0.4 is 0 Å². The highest BCUT2D eigenvalue weighted by atomic mass is 127.